The monoisotopic (exact) mass is 290 g/mol. The molecule has 0 aliphatic heterocycles. The molecule has 2 atom stereocenters. The van der Waals surface area contributed by atoms with Crippen LogP contribution in [0.3, 0.4) is 0 Å². The molecule has 0 aromatic heterocycles. The molecule has 0 aliphatic rings. The Hall–Kier alpha value is 0.439. The fourth-order valence-electron chi connectivity index (χ4n) is 0.680. The van der Waals surface area contributed by atoms with Crippen LogP contribution in [0.5, 0.6) is 0 Å². The van der Waals surface area contributed by atoms with Gasteiger partial charge in [-0.1, -0.05) is 0 Å². The molecule has 0 N–H and O–H groups in total. The van der Waals surface area contributed by atoms with Crippen LogP contribution in [-0.2, 0) is 9.59 Å². The van der Waals surface area contributed by atoms with E-state index in [1.807, 2.05) is 0 Å². The molecule has 2 unspecified atom stereocenters. The standard InChI is InChI=1S/C8H12Cl2O2Se/c1-5(11)7(3-9)13-8(4-10)6(2)12/h7-8H,3-4H2,1-2H3. The molecule has 0 saturated heterocycles. The molecule has 0 radical (unpaired) electrons. The molecule has 2 nitrogen and oxygen atoms in total. The van der Waals surface area contributed by atoms with E-state index in [1.54, 1.807) is 0 Å². The van der Waals surface area contributed by atoms with Gasteiger partial charge >= 0.3 is 94.6 Å². The van der Waals surface area contributed by atoms with Crippen LogP contribution in [0.15, 0.2) is 0 Å². The normalized spacial score (nSPS) is 15.1. The molecule has 0 aliphatic carbocycles. The van der Waals surface area contributed by atoms with Crippen LogP contribution in [0.25, 0.3) is 0 Å². The van der Waals surface area contributed by atoms with E-state index in [0.29, 0.717) is 0 Å². The number of rotatable bonds is 6. The summed E-state index contributed by atoms with van der Waals surface area (Å²) in [6, 6.07) is 0. The Morgan fingerprint density at radius 1 is 1.08 bits per heavy atom. The average molecular weight is 290 g/mol. The molecule has 0 heterocycles. The topological polar surface area (TPSA) is 34.1 Å². The van der Waals surface area contributed by atoms with Crippen LogP contribution in [0.1, 0.15) is 13.8 Å². The summed E-state index contributed by atoms with van der Waals surface area (Å²) in [5, 5.41) is 0. The Morgan fingerprint density at radius 3 is 1.54 bits per heavy atom. The van der Waals surface area contributed by atoms with Crippen molar-refractivity contribution in [1.82, 2.24) is 0 Å². The fraction of sp³-hybridized carbons (Fsp3) is 0.750. The second kappa shape index (κ2) is 6.83. The van der Waals surface area contributed by atoms with Gasteiger partial charge in [-0.05, 0) is 0 Å². The van der Waals surface area contributed by atoms with Crippen molar-refractivity contribution < 1.29 is 9.59 Å². The van der Waals surface area contributed by atoms with E-state index in [2.05, 4.69) is 0 Å². The minimum atomic E-state index is -0.179. The van der Waals surface area contributed by atoms with Gasteiger partial charge in [0.2, 0.25) is 0 Å². The van der Waals surface area contributed by atoms with Crippen LogP contribution in [0, 0.1) is 0 Å². The Labute approximate surface area is 94.5 Å². The first-order valence-electron chi connectivity index (χ1n) is 3.81. The fourth-order valence-corrected chi connectivity index (χ4v) is 3.81. The third kappa shape index (κ3) is 5.02. The maximum absolute atomic E-state index is 11.0. The van der Waals surface area contributed by atoms with Gasteiger partial charge in [0, 0.05) is 0 Å². The quantitative estimate of drug-likeness (QED) is 0.553. The van der Waals surface area contributed by atoms with E-state index in [1.165, 1.54) is 13.8 Å². The molecule has 0 saturated carbocycles. The second-order valence-electron chi connectivity index (χ2n) is 2.64. The third-order valence-electron chi connectivity index (χ3n) is 1.52. The summed E-state index contributed by atoms with van der Waals surface area (Å²) in [4.78, 5) is 21.7. The Bertz CT molecular complexity index is 177. The molecule has 0 bridgehead atoms. The van der Waals surface area contributed by atoms with E-state index in [0.717, 1.165) is 0 Å². The van der Waals surface area contributed by atoms with E-state index >= 15 is 0 Å². The number of carbonyl (C=O) groups excluding carboxylic acids is 2. The summed E-state index contributed by atoms with van der Waals surface area (Å²) >= 11 is 11.1. The van der Waals surface area contributed by atoms with Gasteiger partial charge in [0.15, 0.2) is 0 Å². The summed E-state index contributed by atoms with van der Waals surface area (Å²) in [7, 11) is 0. The van der Waals surface area contributed by atoms with Gasteiger partial charge in [-0.15, -0.1) is 0 Å². The molecule has 0 aromatic carbocycles. The Kier molecular flexibility index (Phi) is 7.06. The number of hydrogen-bond acceptors (Lipinski definition) is 2. The zero-order valence-corrected chi connectivity index (χ0v) is 10.8. The van der Waals surface area contributed by atoms with Gasteiger partial charge in [0.25, 0.3) is 0 Å². The first kappa shape index (κ1) is 13.4. The molecule has 13 heavy (non-hydrogen) atoms. The van der Waals surface area contributed by atoms with Crippen LogP contribution in [0.2, 0.25) is 9.63 Å². The molecule has 5 heteroatoms. The number of alkyl halides is 2. The van der Waals surface area contributed by atoms with Crippen LogP contribution >= 0.6 is 23.2 Å². The molecular formula is C8H12Cl2O2Se. The zero-order valence-electron chi connectivity index (χ0n) is 7.55. The van der Waals surface area contributed by atoms with Crippen LogP contribution < -0.4 is 0 Å². The third-order valence-corrected chi connectivity index (χ3v) is 6.43. The maximum atomic E-state index is 11.0. The number of halogens is 2. The molecule has 0 fully saturated rings. The first-order chi connectivity index (χ1) is 6.02. The molecule has 0 spiro atoms. The summed E-state index contributed by atoms with van der Waals surface area (Å²) in [5.41, 5.74) is 0. The first-order valence-corrected chi connectivity index (χ1v) is 6.86. The van der Waals surface area contributed by atoms with E-state index < -0.39 is 0 Å². The van der Waals surface area contributed by atoms with Crippen molar-refractivity contribution in [2.24, 2.45) is 0 Å². The van der Waals surface area contributed by atoms with E-state index in [-0.39, 0.29) is 47.9 Å². The van der Waals surface area contributed by atoms with Crippen molar-refractivity contribution in [3.05, 3.63) is 0 Å². The summed E-state index contributed by atoms with van der Waals surface area (Å²) in [5.74, 6) is 0.671. The van der Waals surface area contributed by atoms with Crippen molar-refractivity contribution in [3.63, 3.8) is 0 Å². The number of ketones is 2. The SMILES string of the molecule is CC(=O)C(CCl)[Se]C(CCl)C(C)=O. The molecule has 76 valence electrons. The molecule has 0 amide bonds. The van der Waals surface area contributed by atoms with E-state index in [4.69, 9.17) is 23.2 Å². The summed E-state index contributed by atoms with van der Waals surface area (Å²) < 4.78 is 0. The second-order valence-corrected chi connectivity index (χ2v) is 6.22. The van der Waals surface area contributed by atoms with Gasteiger partial charge in [0.1, 0.15) is 0 Å². The van der Waals surface area contributed by atoms with Gasteiger partial charge in [-0.2, -0.15) is 0 Å². The summed E-state index contributed by atoms with van der Waals surface area (Å²) in [6.07, 6.45) is 0. The van der Waals surface area contributed by atoms with Crippen LogP contribution in [-0.4, -0.2) is 38.3 Å². The van der Waals surface area contributed by atoms with E-state index in [9.17, 15) is 9.59 Å². The number of hydrogen-bond donors (Lipinski definition) is 0. The molecule has 0 aromatic rings. The zero-order chi connectivity index (χ0) is 10.4. The van der Waals surface area contributed by atoms with Crippen molar-refractivity contribution >= 4 is 49.7 Å². The van der Waals surface area contributed by atoms with Gasteiger partial charge in [-0.3, -0.25) is 0 Å². The Morgan fingerprint density at radius 2 is 1.38 bits per heavy atom. The van der Waals surface area contributed by atoms with Crippen molar-refractivity contribution in [2.45, 2.75) is 23.5 Å². The Balaban J connectivity index is 4.19. The summed E-state index contributed by atoms with van der Waals surface area (Å²) in [6.45, 7) is 3.00. The van der Waals surface area contributed by atoms with Gasteiger partial charge < -0.3 is 0 Å². The number of carbonyl (C=O) groups is 2. The van der Waals surface area contributed by atoms with Crippen molar-refractivity contribution in [3.8, 4) is 0 Å². The number of Topliss-reactive ketones (excluding diaryl/α,β-unsaturated/α-hetero) is 2. The van der Waals surface area contributed by atoms with Crippen molar-refractivity contribution in [1.29, 1.82) is 0 Å². The predicted octanol–water partition coefficient (Wildman–Crippen LogP) is 1.92. The van der Waals surface area contributed by atoms with Crippen LogP contribution in [0.4, 0.5) is 0 Å². The van der Waals surface area contributed by atoms with Crippen molar-refractivity contribution in [2.75, 3.05) is 11.8 Å². The molecular weight excluding hydrogens is 278 g/mol. The average Bonchev–Trinajstić information content (AvgIpc) is 2.05. The van der Waals surface area contributed by atoms with Gasteiger partial charge in [0.05, 0.1) is 0 Å². The molecule has 0 rings (SSSR count). The predicted molar refractivity (Wildman–Crippen MR) is 56.1 cm³/mol. The van der Waals surface area contributed by atoms with Gasteiger partial charge in [-0.25, -0.2) is 0 Å². The minimum absolute atomic E-state index is 0.0476.